The second kappa shape index (κ2) is 4.82. The Labute approximate surface area is 79.1 Å². The fourth-order valence-electron chi connectivity index (χ4n) is 1.57. The lowest BCUT2D eigenvalue weighted by Crippen LogP contribution is -2.52. The SMILES string of the molecule is C=CCC1CNCCN1C(=O)C=C. The van der Waals surface area contributed by atoms with Crippen LogP contribution in [0, 0.1) is 0 Å². The molecule has 1 saturated heterocycles. The monoisotopic (exact) mass is 180 g/mol. The van der Waals surface area contributed by atoms with Gasteiger partial charge in [-0.05, 0) is 12.5 Å². The van der Waals surface area contributed by atoms with Gasteiger partial charge in [-0.15, -0.1) is 6.58 Å². The first kappa shape index (κ1) is 9.99. The zero-order valence-electron chi connectivity index (χ0n) is 7.83. The van der Waals surface area contributed by atoms with Gasteiger partial charge >= 0.3 is 0 Å². The molecule has 1 unspecified atom stereocenters. The molecule has 0 radical (unpaired) electrons. The highest BCUT2D eigenvalue weighted by Crippen LogP contribution is 2.08. The molecule has 0 spiro atoms. The third-order valence-electron chi connectivity index (χ3n) is 2.25. The van der Waals surface area contributed by atoms with E-state index in [9.17, 15) is 4.79 Å². The Morgan fingerprint density at radius 1 is 1.62 bits per heavy atom. The highest BCUT2D eigenvalue weighted by molar-refractivity contribution is 5.87. The van der Waals surface area contributed by atoms with E-state index < -0.39 is 0 Å². The van der Waals surface area contributed by atoms with Crippen LogP contribution in [0.5, 0.6) is 0 Å². The summed E-state index contributed by atoms with van der Waals surface area (Å²) in [5.41, 5.74) is 0. The maximum atomic E-state index is 11.4. The van der Waals surface area contributed by atoms with Gasteiger partial charge in [0.15, 0.2) is 0 Å². The van der Waals surface area contributed by atoms with Crippen LogP contribution >= 0.6 is 0 Å². The predicted octanol–water partition coefficient (Wildman–Crippen LogP) is 0.549. The summed E-state index contributed by atoms with van der Waals surface area (Å²) in [5, 5.41) is 3.25. The smallest absolute Gasteiger partial charge is 0.246 e. The Morgan fingerprint density at radius 3 is 3.00 bits per heavy atom. The Morgan fingerprint density at radius 2 is 2.38 bits per heavy atom. The zero-order valence-corrected chi connectivity index (χ0v) is 7.83. The van der Waals surface area contributed by atoms with Crippen molar-refractivity contribution in [2.75, 3.05) is 19.6 Å². The minimum Gasteiger partial charge on any atom is -0.333 e. The number of hydrogen-bond acceptors (Lipinski definition) is 2. The molecule has 1 heterocycles. The number of rotatable bonds is 3. The molecule has 1 aliphatic rings. The lowest BCUT2D eigenvalue weighted by Gasteiger charge is -2.35. The van der Waals surface area contributed by atoms with Gasteiger partial charge in [-0.25, -0.2) is 0 Å². The number of amides is 1. The van der Waals surface area contributed by atoms with Crippen molar-refractivity contribution >= 4 is 5.91 Å². The molecule has 0 aliphatic carbocycles. The van der Waals surface area contributed by atoms with Gasteiger partial charge in [0.25, 0.3) is 0 Å². The van der Waals surface area contributed by atoms with E-state index in [0.29, 0.717) is 0 Å². The summed E-state index contributed by atoms with van der Waals surface area (Å²) < 4.78 is 0. The Balaban J connectivity index is 2.60. The van der Waals surface area contributed by atoms with Crippen molar-refractivity contribution in [3.8, 4) is 0 Å². The van der Waals surface area contributed by atoms with E-state index in [0.717, 1.165) is 26.1 Å². The number of carbonyl (C=O) groups is 1. The maximum absolute atomic E-state index is 11.4. The number of hydrogen-bond donors (Lipinski definition) is 1. The Kier molecular flexibility index (Phi) is 3.71. The van der Waals surface area contributed by atoms with Crippen molar-refractivity contribution < 1.29 is 4.79 Å². The van der Waals surface area contributed by atoms with E-state index in [1.54, 1.807) is 0 Å². The van der Waals surface area contributed by atoms with Crippen LogP contribution in [-0.4, -0.2) is 36.5 Å². The standard InChI is InChI=1S/C10H16N2O/c1-3-5-9-8-11-6-7-12(9)10(13)4-2/h3-4,9,11H,1-2,5-8H2. The molecule has 0 aromatic heterocycles. The molecule has 1 fully saturated rings. The van der Waals surface area contributed by atoms with E-state index in [2.05, 4.69) is 18.5 Å². The zero-order chi connectivity index (χ0) is 9.68. The van der Waals surface area contributed by atoms with Crippen LogP contribution < -0.4 is 5.32 Å². The third kappa shape index (κ3) is 2.42. The van der Waals surface area contributed by atoms with Crippen molar-refractivity contribution in [3.05, 3.63) is 25.3 Å². The second-order valence-corrected chi connectivity index (χ2v) is 3.12. The van der Waals surface area contributed by atoms with Gasteiger partial charge in [0.05, 0.1) is 0 Å². The average molecular weight is 180 g/mol. The minimum absolute atomic E-state index is 0.0216. The van der Waals surface area contributed by atoms with E-state index in [1.165, 1.54) is 6.08 Å². The summed E-state index contributed by atoms with van der Waals surface area (Å²) in [6.07, 6.45) is 4.06. The molecular formula is C10H16N2O. The highest BCUT2D eigenvalue weighted by atomic mass is 16.2. The number of piperazine rings is 1. The molecule has 0 aromatic carbocycles. The lowest BCUT2D eigenvalue weighted by molar-refractivity contribution is -0.128. The van der Waals surface area contributed by atoms with Crippen molar-refractivity contribution in [1.82, 2.24) is 10.2 Å². The molecule has 1 amide bonds. The summed E-state index contributed by atoms with van der Waals surface area (Å²) in [6.45, 7) is 9.66. The van der Waals surface area contributed by atoms with Crippen LogP contribution in [0.25, 0.3) is 0 Å². The largest absolute Gasteiger partial charge is 0.333 e. The molecule has 0 saturated carbocycles. The van der Waals surface area contributed by atoms with Gasteiger partial charge in [-0.1, -0.05) is 12.7 Å². The van der Waals surface area contributed by atoms with Crippen LogP contribution in [0.4, 0.5) is 0 Å². The summed E-state index contributed by atoms with van der Waals surface area (Å²) in [6, 6.07) is 0.247. The fraction of sp³-hybridized carbons (Fsp3) is 0.500. The highest BCUT2D eigenvalue weighted by Gasteiger charge is 2.23. The van der Waals surface area contributed by atoms with Gasteiger partial charge in [-0.3, -0.25) is 4.79 Å². The fourth-order valence-corrected chi connectivity index (χ4v) is 1.57. The van der Waals surface area contributed by atoms with Crippen LogP contribution in [-0.2, 0) is 4.79 Å². The van der Waals surface area contributed by atoms with Crippen molar-refractivity contribution in [1.29, 1.82) is 0 Å². The molecule has 1 atom stereocenters. The average Bonchev–Trinajstić information content (AvgIpc) is 2.18. The molecule has 3 nitrogen and oxygen atoms in total. The first-order valence-corrected chi connectivity index (χ1v) is 4.54. The Hall–Kier alpha value is -1.09. The van der Waals surface area contributed by atoms with Crippen molar-refractivity contribution in [3.63, 3.8) is 0 Å². The van der Waals surface area contributed by atoms with E-state index >= 15 is 0 Å². The summed E-state index contributed by atoms with van der Waals surface area (Å²) in [4.78, 5) is 13.3. The van der Waals surface area contributed by atoms with Gasteiger partial charge in [0.1, 0.15) is 0 Å². The maximum Gasteiger partial charge on any atom is 0.246 e. The lowest BCUT2D eigenvalue weighted by atomic mass is 10.1. The van der Waals surface area contributed by atoms with Crippen molar-refractivity contribution in [2.45, 2.75) is 12.5 Å². The van der Waals surface area contributed by atoms with E-state index in [-0.39, 0.29) is 11.9 Å². The van der Waals surface area contributed by atoms with Crippen LogP contribution in [0.1, 0.15) is 6.42 Å². The number of nitrogens with zero attached hydrogens (tertiary/aromatic N) is 1. The van der Waals surface area contributed by atoms with Crippen LogP contribution in [0.15, 0.2) is 25.3 Å². The molecule has 72 valence electrons. The number of nitrogens with one attached hydrogen (secondary N) is 1. The van der Waals surface area contributed by atoms with Gasteiger partial charge < -0.3 is 10.2 Å². The third-order valence-corrected chi connectivity index (χ3v) is 2.25. The molecule has 1 rings (SSSR count). The summed E-state index contributed by atoms with van der Waals surface area (Å²) in [7, 11) is 0. The first-order chi connectivity index (χ1) is 6.29. The summed E-state index contributed by atoms with van der Waals surface area (Å²) in [5.74, 6) is 0.0216. The van der Waals surface area contributed by atoms with Gasteiger partial charge in [-0.2, -0.15) is 0 Å². The predicted molar refractivity (Wildman–Crippen MR) is 53.4 cm³/mol. The molecule has 1 N–H and O–H groups in total. The topological polar surface area (TPSA) is 32.3 Å². The molecule has 1 aliphatic heterocycles. The Bertz CT molecular complexity index is 213. The molecule has 0 aromatic rings. The normalized spacial score (nSPS) is 22.5. The molecule has 0 bridgehead atoms. The van der Waals surface area contributed by atoms with Crippen molar-refractivity contribution in [2.24, 2.45) is 0 Å². The second-order valence-electron chi connectivity index (χ2n) is 3.12. The van der Waals surface area contributed by atoms with E-state index in [1.807, 2.05) is 11.0 Å². The minimum atomic E-state index is 0.0216. The van der Waals surface area contributed by atoms with Gasteiger partial charge in [0.2, 0.25) is 5.91 Å². The van der Waals surface area contributed by atoms with Crippen LogP contribution in [0.3, 0.4) is 0 Å². The molecular weight excluding hydrogens is 164 g/mol. The number of carbonyl (C=O) groups excluding carboxylic acids is 1. The first-order valence-electron chi connectivity index (χ1n) is 4.54. The summed E-state index contributed by atoms with van der Waals surface area (Å²) >= 11 is 0. The van der Waals surface area contributed by atoms with E-state index in [4.69, 9.17) is 0 Å². The van der Waals surface area contributed by atoms with Crippen LogP contribution in [0.2, 0.25) is 0 Å². The quantitative estimate of drug-likeness (QED) is 0.508. The molecule has 13 heavy (non-hydrogen) atoms. The van der Waals surface area contributed by atoms with Gasteiger partial charge in [0, 0.05) is 25.7 Å². The molecule has 3 heteroatoms.